The fourth-order valence-electron chi connectivity index (χ4n) is 19.8. The predicted molar refractivity (Wildman–Crippen MR) is 498 cm³/mol. The number of urea groups is 4. The third-order valence-electron chi connectivity index (χ3n) is 27.0. The second-order valence-corrected chi connectivity index (χ2v) is 42.6. The summed E-state index contributed by atoms with van der Waals surface area (Å²) in [5.74, 6) is -1.24. The van der Waals surface area contributed by atoms with Crippen LogP contribution in [0.25, 0.3) is 0 Å². The Morgan fingerprint density at radius 2 is 0.637 bits per heavy atom. The molecular formula is C91H116N22O18S4. The van der Waals surface area contributed by atoms with Gasteiger partial charge in [-0.15, -0.1) is 0 Å². The zero-order chi connectivity index (χ0) is 96.4. The lowest BCUT2D eigenvalue weighted by Crippen LogP contribution is -2.50. The van der Waals surface area contributed by atoms with Gasteiger partial charge in [0.15, 0.2) is 20.1 Å². The van der Waals surface area contributed by atoms with Crippen LogP contribution < -0.4 is 45.5 Å². The summed E-state index contributed by atoms with van der Waals surface area (Å²) in [6, 6.07) is 10.7. The van der Waals surface area contributed by atoms with Gasteiger partial charge < -0.3 is 51.1 Å². The van der Waals surface area contributed by atoms with E-state index in [1.165, 1.54) is 118 Å². The maximum Gasteiger partial charge on any atom is 0.333 e. The van der Waals surface area contributed by atoms with E-state index in [1.54, 1.807) is 47.9 Å². The van der Waals surface area contributed by atoms with Crippen molar-refractivity contribution in [1.82, 2.24) is 87.8 Å². The first-order chi connectivity index (χ1) is 64.2. The molecule has 2 aliphatic heterocycles. The van der Waals surface area contributed by atoms with Gasteiger partial charge in [-0.3, -0.25) is 47.5 Å². The van der Waals surface area contributed by atoms with Crippen LogP contribution in [0.15, 0.2) is 81.0 Å². The quantitative estimate of drug-likeness (QED) is 0.0333. The fraction of sp³-hybridized carbons (Fsp3) is 0.495. The predicted octanol–water partition coefficient (Wildman–Crippen LogP) is 6.90. The standard InChI is InChI=1S/C24H32N6O5S.C23H30N6O5S.C23H29N5O4S.C21H25N5O4S/c1-15(31)28(2)11-12-29(3)23(32)20-14-21(26-30(20)4)36(34,35)27-24(33)25-22-18-9-5-7-16(18)13-17-8-6-10-19(17)22;1-14(30)24-10-11-28(2)22(31)19-13-20(26-29(19)3)35(33,34)27-23(32)25-21-17-8-4-6-15(17)12-16-7-5-9-18(16)21;1-15(29)27-11-8-18(9-12-27)28-13-10-21(25-28)33(31,32)26-23(30)24-22-19-6-2-4-16(19)14-17-5-3-7-20(17)22;1-13(27)25-11-16(12-25)26-9-8-19(23-26)31(29,30)24-21(28)22-20-17-6-2-4-14(17)10-15-5-3-7-18(15)20/h13-14H,5-12H2,1-4H3,(H2,25,27,33);12-13H,4-11H2,1-3H3,(H,24,30)(H2,25,27,32);10,13-14,18H,2-9,11-12H2,1H3,(H2,24,26,30);8-10,16H,2-7,11-12H2,1H3,(H2,22,24,28). The lowest BCUT2D eigenvalue weighted by molar-refractivity contribution is -0.134. The van der Waals surface area contributed by atoms with Crippen molar-refractivity contribution < 1.29 is 81.6 Å². The molecule has 2 fully saturated rings. The SMILES string of the molecule is CC(=O)N(C)CCN(C)C(=O)c1cc(S(=O)(=O)NC(=O)Nc2c3c(cc4c2CCC4)CCC3)nn1C.CC(=O)N1CC(n2ccc(S(=O)(=O)NC(=O)Nc3c4c(cc5c3CCC5)CCC4)n2)C1.CC(=O)N1CCC(n2ccc(S(=O)(=O)NC(=O)Nc3c4c(cc5c3CCC5)CCC4)n2)CC1.CC(=O)NCCN(C)C(=O)c1cc(S(=O)(=O)NC(=O)Nc2c3c(cc4c2CCC4)CCC3)nn1C. The highest BCUT2D eigenvalue weighted by atomic mass is 32.2. The largest absolute Gasteiger partial charge is 0.355 e. The molecule has 0 saturated carbocycles. The van der Waals surface area contributed by atoms with E-state index in [-0.39, 0.29) is 76.8 Å². The van der Waals surface area contributed by atoms with Gasteiger partial charge in [0.05, 0.1) is 12.1 Å². The van der Waals surface area contributed by atoms with Crippen molar-refractivity contribution in [2.75, 3.05) is 94.8 Å². The van der Waals surface area contributed by atoms with Gasteiger partial charge >= 0.3 is 24.1 Å². The molecule has 135 heavy (non-hydrogen) atoms. The lowest BCUT2D eigenvalue weighted by atomic mass is 9.99. The van der Waals surface area contributed by atoms with Gasteiger partial charge in [-0.05, 0) is 268 Å². The third kappa shape index (κ3) is 21.7. The molecular weight excluding hydrogens is 1820 g/mol. The molecule has 44 heteroatoms. The molecule has 4 aromatic heterocycles. The Hall–Kier alpha value is -12.6. The molecule has 18 rings (SSSR count). The van der Waals surface area contributed by atoms with E-state index in [1.807, 2.05) is 9.44 Å². The number of hydrogen-bond donors (Lipinski definition) is 9. The highest BCUT2D eigenvalue weighted by molar-refractivity contribution is 7.90. The Kier molecular flexibility index (Phi) is 28.8. The number of anilines is 4. The number of nitrogens with one attached hydrogen (secondary N) is 9. The number of carbonyl (C=O) groups excluding carboxylic acids is 10. The maximum atomic E-state index is 12.9. The Morgan fingerprint density at radius 1 is 0.356 bits per heavy atom. The second kappa shape index (κ2) is 40.1. The molecule has 0 bridgehead atoms. The van der Waals surface area contributed by atoms with Crippen LogP contribution in [0.1, 0.15) is 214 Å². The monoisotopic (exact) mass is 1930 g/mol. The lowest BCUT2D eigenvalue weighted by Gasteiger charge is -2.38. The normalized spacial score (nSPS) is 16.0. The smallest absolute Gasteiger partial charge is 0.333 e. The molecule has 4 aromatic carbocycles. The number of sulfonamides is 4. The number of aryl methyl sites for hydroxylation is 10. The Bertz CT molecular complexity index is 6450. The van der Waals surface area contributed by atoms with Gasteiger partial charge in [-0.1, -0.05) is 24.3 Å². The summed E-state index contributed by atoms with van der Waals surface area (Å²) in [7, 11) is -9.23. The van der Waals surface area contributed by atoms with E-state index < -0.39 is 86.1 Å². The number of likely N-dealkylation sites (tertiary alicyclic amines) is 2. The summed E-state index contributed by atoms with van der Waals surface area (Å²) in [6.07, 6.45) is 27.7. The van der Waals surface area contributed by atoms with Crippen LogP contribution in [0.5, 0.6) is 0 Å². The minimum atomic E-state index is -4.32. The molecule has 722 valence electrons. The van der Waals surface area contributed by atoms with Crippen molar-refractivity contribution in [3.63, 3.8) is 0 Å². The van der Waals surface area contributed by atoms with Crippen molar-refractivity contribution >= 4 is 122 Å². The molecule has 40 nitrogen and oxygen atoms in total. The molecule has 0 spiro atoms. The average Bonchev–Trinajstić information content (AvgIpc) is 1.64. The molecule has 6 heterocycles. The van der Waals surface area contributed by atoms with E-state index >= 15 is 0 Å². The first-order valence-electron chi connectivity index (χ1n) is 45.9. The molecule has 8 aromatic rings. The third-order valence-corrected chi connectivity index (χ3v) is 31.8. The van der Waals surface area contributed by atoms with Crippen LogP contribution in [0.2, 0.25) is 0 Å². The molecule has 8 aliphatic carbocycles. The summed E-state index contributed by atoms with van der Waals surface area (Å²) in [5.41, 5.74) is 22.0. The Balaban J connectivity index is 0.000000137. The number of piperidine rings is 1. The molecule has 9 N–H and O–H groups in total. The minimum absolute atomic E-state index is 0.0199. The average molecular weight is 1930 g/mol. The molecule has 2 saturated heterocycles. The van der Waals surface area contributed by atoms with Crippen molar-refractivity contribution in [1.29, 1.82) is 0 Å². The van der Waals surface area contributed by atoms with Crippen LogP contribution in [-0.4, -0.2) is 230 Å². The van der Waals surface area contributed by atoms with E-state index in [2.05, 4.69) is 80.7 Å². The number of nitrogens with zero attached hydrogens (tertiary/aromatic N) is 13. The highest BCUT2D eigenvalue weighted by Crippen LogP contribution is 2.44. The number of amides is 14. The highest BCUT2D eigenvalue weighted by Gasteiger charge is 2.38. The fourth-order valence-corrected chi connectivity index (χ4v) is 23.3. The van der Waals surface area contributed by atoms with E-state index in [9.17, 15) is 81.6 Å². The number of rotatable bonds is 22. The summed E-state index contributed by atoms with van der Waals surface area (Å²) in [6.45, 7) is 9.16. The van der Waals surface area contributed by atoms with Gasteiger partial charge in [0, 0.05) is 163 Å². The zero-order valence-electron chi connectivity index (χ0n) is 77.3. The summed E-state index contributed by atoms with van der Waals surface area (Å²) in [5, 5.41) is 28.9. The van der Waals surface area contributed by atoms with Crippen LogP contribution in [0.3, 0.4) is 0 Å². The minimum Gasteiger partial charge on any atom is -0.355 e. The van der Waals surface area contributed by atoms with Crippen LogP contribution in [0.4, 0.5) is 41.9 Å². The first kappa shape index (κ1) is 97.0. The van der Waals surface area contributed by atoms with Crippen molar-refractivity contribution in [3.05, 3.63) is 161 Å². The second-order valence-electron chi connectivity index (χ2n) is 36.1. The maximum absolute atomic E-state index is 12.9. The van der Waals surface area contributed by atoms with Crippen molar-refractivity contribution in [2.24, 2.45) is 14.1 Å². The summed E-state index contributed by atoms with van der Waals surface area (Å²) >= 11 is 0. The molecule has 0 atom stereocenters. The topological polar surface area (TPSA) is 503 Å². The zero-order valence-corrected chi connectivity index (χ0v) is 80.5. The van der Waals surface area contributed by atoms with Gasteiger partial charge in [-0.25, -0.2) is 38.1 Å². The molecule has 0 radical (unpaired) electrons. The van der Waals surface area contributed by atoms with Crippen molar-refractivity contribution in [3.8, 4) is 0 Å². The van der Waals surface area contributed by atoms with Gasteiger partial charge in [0.1, 0.15) is 11.4 Å². The number of benzene rings is 4. The Labute approximate surface area is 784 Å². The molecule has 0 unspecified atom stereocenters. The van der Waals surface area contributed by atoms with E-state index in [4.69, 9.17) is 0 Å². The van der Waals surface area contributed by atoms with Gasteiger partial charge in [0.2, 0.25) is 23.6 Å². The summed E-state index contributed by atoms with van der Waals surface area (Å²) < 4.78 is 116. The summed E-state index contributed by atoms with van der Waals surface area (Å²) in [4.78, 5) is 129. The van der Waals surface area contributed by atoms with Gasteiger partial charge in [-0.2, -0.15) is 54.1 Å². The molecule has 14 amide bonds. The number of fused-ring (bicyclic) bond motifs is 8. The number of hydrogen-bond acceptors (Lipinski definition) is 22. The van der Waals surface area contributed by atoms with Crippen LogP contribution in [-0.2, 0) is 176 Å². The number of likely N-dealkylation sites (N-methyl/N-ethyl adjacent to an activating group) is 3. The number of aromatic nitrogens is 8. The van der Waals surface area contributed by atoms with Crippen molar-refractivity contribution in [2.45, 2.75) is 227 Å². The van der Waals surface area contributed by atoms with Gasteiger partial charge in [0.25, 0.3) is 51.9 Å². The van der Waals surface area contributed by atoms with Crippen LogP contribution in [0, 0.1) is 0 Å². The van der Waals surface area contributed by atoms with Crippen LogP contribution >= 0.6 is 0 Å². The van der Waals surface area contributed by atoms with E-state index in [0.29, 0.717) is 45.6 Å². The first-order valence-corrected chi connectivity index (χ1v) is 51.8. The Morgan fingerprint density at radius 3 is 0.926 bits per heavy atom. The number of carbonyl (C=O) groups is 10. The van der Waals surface area contributed by atoms with E-state index in [0.717, 1.165) is 243 Å². The molecule has 10 aliphatic rings.